The van der Waals surface area contributed by atoms with Gasteiger partial charge in [-0.05, 0) is 55.0 Å². The third-order valence-corrected chi connectivity index (χ3v) is 4.56. The van der Waals surface area contributed by atoms with Gasteiger partial charge in [0.1, 0.15) is 12.3 Å². The minimum atomic E-state index is -0.298. The second kappa shape index (κ2) is 11.1. The minimum absolute atomic E-state index is 0.0710. The smallest absolute Gasteiger partial charge is 0.247 e. The third kappa shape index (κ3) is 6.15. The highest BCUT2D eigenvalue weighted by Crippen LogP contribution is 2.36. The van der Waals surface area contributed by atoms with E-state index >= 15 is 0 Å². The Kier molecular flexibility index (Phi) is 8.55. The Labute approximate surface area is 181 Å². The summed E-state index contributed by atoms with van der Waals surface area (Å²) in [5, 5.41) is 3.13. The van der Waals surface area contributed by atoms with E-state index < -0.39 is 0 Å². The fraction of sp³-hybridized carbons (Fsp3) is 0.273. The number of likely N-dealkylation sites (N-methyl/N-ethyl adjacent to an activating group) is 1. The van der Waals surface area contributed by atoms with Crippen molar-refractivity contribution in [2.24, 2.45) is 0 Å². The maximum Gasteiger partial charge on any atom is 0.247 e. The van der Waals surface area contributed by atoms with Crippen molar-refractivity contribution >= 4 is 35.2 Å². The Balaban J connectivity index is 2.03. The molecule has 0 heterocycles. The number of nitrogens with zero attached hydrogens (tertiary/aromatic N) is 1. The average Bonchev–Trinajstić information content (AvgIpc) is 2.75. The molecule has 2 rings (SSSR count). The van der Waals surface area contributed by atoms with Gasteiger partial charge in [-0.1, -0.05) is 11.6 Å². The standard InChI is InChI=1S/C22H25ClN2O5/c1-5-25(14-20(26)24-16-7-9-17(28-2)10-8-16)21(27)11-6-15-12-18(23)22(30-4)19(13-15)29-3/h6-13H,5,14H2,1-4H3,(H,24,26)/b11-6+. The highest BCUT2D eigenvalue weighted by atomic mass is 35.5. The van der Waals surface area contributed by atoms with E-state index in [1.165, 1.54) is 25.2 Å². The summed E-state index contributed by atoms with van der Waals surface area (Å²) in [7, 11) is 4.58. The summed E-state index contributed by atoms with van der Waals surface area (Å²) in [6, 6.07) is 10.3. The molecule has 8 heteroatoms. The number of carbonyl (C=O) groups is 2. The molecule has 0 aliphatic heterocycles. The number of amides is 2. The van der Waals surface area contributed by atoms with E-state index in [1.807, 2.05) is 0 Å². The zero-order valence-corrected chi connectivity index (χ0v) is 18.2. The summed E-state index contributed by atoms with van der Waals surface area (Å²) in [6.45, 7) is 2.12. The van der Waals surface area contributed by atoms with Crippen molar-refractivity contribution < 1.29 is 23.8 Å². The van der Waals surface area contributed by atoms with Gasteiger partial charge in [-0.15, -0.1) is 0 Å². The van der Waals surface area contributed by atoms with Gasteiger partial charge in [0.2, 0.25) is 11.8 Å². The highest BCUT2D eigenvalue weighted by molar-refractivity contribution is 6.32. The van der Waals surface area contributed by atoms with Crippen LogP contribution in [-0.4, -0.2) is 51.1 Å². The van der Waals surface area contributed by atoms with E-state index in [2.05, 4.69) is 5.32 Å². The number of benzene rings is 2. The van der Waals surface area contributed by atoms with E-state index in [9.17, 15) is 9.59 Å². The van der Waals surface area contributed by atoms with Crippen LogP contribution >= 0.6 is 11.6 Å². The Bertz CT molecular complexity index is 912. The largest absolute Gasteiger partial charge is 0.497 e. The van der Waals surface area contributed by atoms with Crippen LogP contribution < -0.4 is 19.5 Å². The Morgan fingerprint density at radius 1 is 1.07 bits per heavy atom. The molecule has 0 radical (unpaired) electrons. The number of anilines is 1. The molecule has 0 aliphatic rings. The van der Waals surface area contributed by atoms with Crippen molar-refractivity contribution in [2.75, 3.05) is 39.7 Å². The second-order valence-corrected chi connectivity index (χ2v) is 6.61. The highest BCUT2D eigenvalue weighted by Gasteiger charge is 2.14. The van der Waals surface area contributed by atoms with Crippen molar-refractivity contribution in [3.63, 3.8) is 0 Å². The first-order chi connectivity index (χ1) is 14.4. The van der Waals surface area contributed by atoms with Crippen LogP contribution in [-0.2, 0) is 9.59 Å². The number of halogens is 1. The fourth-order valence-electron chi connectivity index (χ4n) is 2.70. The number of carbonyl (C=O) groups excluding carboxylic acids is 2. The van der Waals surface area contributed by atoms with Gasteiger partial charge in [0.25, 0.3) is 0 Å². The van der Waals surface area contributed by atoms with Gasteiger partial charge < -0.3 is 24.4 Å². The summed E-state index contributed by atoms with van der Waals surface area (Å²) >= 11 is 6.19. The zero-order chi connectivity index (χ0) is 22.1. The molecular weight excluding hydrogens is 408 g/mol. The maximum absolute atomic E-state index is 12.5. The van der Waals surface area contributed by atoms with Crippen LogP contribution in [0.3, 0.4) is 0 Å². The van der Waals surface area contributed by atoms with E-state index in [4.69, 9.17) is 25.8 Å². The topological polar surface area (TPSA) is 77.1 Å². The lowest BCUT2D eigenvalue weighted by atomic mass is 10.2. The first-order valence-corrected chi connectivity index (χ1v) is 9.62. The maximum atomic E-state index is 12.5. The molecule has 7 nitrogen and oxygen atoms in total. The summed E-state index contributed by atoms with van der Waals surface area (Å²) in [4.78, 5) is 26.3. The summed E-state index contributed by atoms with van der Waals surface area (Å²) in [5.74, 6) is 0.987. The molecule has 0 saturated carbocycles. The molecule has 2 aromatic rings. The number of rotatable bonds is 9. The van der Waals surface area contributed by atoms with Crippen molar-refractivity contribution in [2.45, 2.75) is 6.92 Å². The molecule has 0 atom stereocenters. The normalized spacial score (nSPS) is 10.6. The van der Waals surface area contributed by atoms with Gasteiger partial charge in [0, 0.05) is 18.3 Å². The van der Waals surface area contributed by atoms with Gasteiger partial charge in [0.15, 0.2) is 11.5 Å². The predicted octanol–water partition coefficient (Wildman–Crippen LogP) is 3.87. The Morgan fingerprint density at radius 2 is 1.77 bits per heavy atom. The van der Waals surface area contributed by atoms with Gasteiger partial charge in [-0.3, -0.25) is 9.59 Å². The summed E-state index contributed by atoms with van der Waals surface area (Å²) in [6.07, 6.45) is 3.00. The minimum Gasteiger partial charge on any atom is -0.497 e. The van der Waals surface area contributed by atoms with Crippen molar-refractivity contribution in [3.8, 4) is 17.2 Å². The lowest BCUT2D eigenvalue weighted by Gasteiger charge is -2.18. The number of methoxy groups -OCH3 is 3. The van der Waals surface area contributed by atoms with E-state index in [1.54, 1.807) is 56.5 Å². The number of hydrogen-bond acceptors (Lipinski definition) is 5. The van der Waals surface area contributed by atoms with Gasteiger partial charge >= 0.3 is 0 Å². The van der Waals surface area contributed by atoms with E-state index in [0.717, 1.165) is 0 Å². The molecule has 0 saturated heterocycles. The molecule has 160 valence electrons. The van der Waals surface area contributed by atoms with Crippen LogP contribution in [0.5, 0.6) is 17.2 Å². The van der Waals surface area contributed by atoms with Crippen LogP contribution in [0.1, 0.15) is 12.5 Å². The van der Waals surface area contributed by atoms with E-state index in [-0.39, 0.29) is 18.4 Å². The Morgan fingerprint density at radius 3 is 2.33 bits per heavy atom. The third-order valence-electron chi connectivity index (χ3n) is 4.28. The molecule has 0 bridgehead atoms. The van der Waals surface area contributed by atoms with Crippen LogP contribution in [0.4, 0.5) is 5.69 Å². The number of ether oxygens (including phenoxy) is 3. The number of hydrogen-bond donors (Lipinski definition) is 1. The zero-order valence-electron chi connectivity index (χ0n) is 17.4. The Hall–Kier alpha value is -3.19. The van der Waals surface area contributed by atoms with Gasteiger partial charge in [0.05, 0.1) is 26.4 Å². The van der Waals surface area contributed by atoms with Crippen molar-refractivity contribution in [1.29, 1.82) is 0 Å². The molecule has 0 unspecified atom stereocenters. The molecule has 2 aromatic carbocycles. The quantitative estimate of drug-likeness (QED) is 0.609. The first kappa shape index (κ1) is 23.1. The molecule has 0 fully saturated rings. The molecule has 1 N–H and O–H groups in total. The molecular formula is C22H25ClN2O5. The predicted molar refractivity (Wildman–Crippen MR) is 117 cm³/mol. The average molecular weight is 433 g/mol. The SMILES string of the molecule is CCN(CC(=O)Nc1ccc(OC)cc1)C(=O)/C=C/c1cc(Cl)c(OC)c(OC)c1. The fourth-order valence-corrected chi connectivity index (χ4v) is 3.00. The van der Waals surface area contributed by atoms with Crippen LogP contribution in [0.2, 0.25) is 5.02 Å². The summed E-state index contributed by atoms with van der Waals surface area (Å²) in [5.41, 5.74) is 1.30. The molecule has 30 heavy (non-hydrogen) atoms. The monoisotopic (exact) mass is 432 g/mol. The van der Waals surface area contributed by atoms with Gasteiger partial charge in [-0.25, -0.2) is 0 Å². The molecule has 0 aliphatic carbocycles. The lowest BCUT2D eigenvalue weighted by molar-refractivity contribution is -0.130. The van der Waals surface area contributed by atoms with Crippen LogP contribution in [0, 0.1) is 0 Å². The lowest BCUT2D eigenvalue weighted by Crippen LogP contribution is -2.36. The number of nitrogens with one attached hydrogen (secondary N) is 1. The molecule has 0 aromatic heterocycles. The summed E-state index contributed by atoms with van der Waals surface area (Å²) < 4.78 is 15.5. The van der Waals surface area contributed by atoms with Crippen molar-refractivity contribution in [3.05, 3.63) is 53.1 Å². The van der Waals surface area contributed by atoms with Crippen molar-refractivity contribution in [1.82, 2.24) is 4.90 Å². The first-order valence-electron chi connectivity index (χ1n) is 9.24. The van der Waals surface area contributed by atoms with Gasteiger partial charge in [-0.2, -0.15) is 0 Å². The molecule has 2 amide bonds. The molecule has 0 spiro atoms. The van der Waals surface area contributed by atoms with Crippen LogP contribution in [0.15, 0.2) is 42.5 Å². The second-order valence-electron chi connectivity index (χ2n) is 6.20. The van der Waals surface area contributed by atoms with Crippen LogP contribution in [0.25, 0.3) is 6.08 Å². The van der Waals surface area contributed by atoms with E-state index in [0.29, 0.717) is 40.1 Å².